The average molecular weight is 368 g/mol. The molecule has 6 heteroatoms. The number of rotatable bonds is 7. The van der Waals surface area contributed by atoms with Gasteiger partial charge >= 0.3 is 0 Å². The molecule has 1 unspecified atom stereocenters. The highest BCUT2D eigenvalue weighted by Crippen LogP contribution is 2.13. The highest BCUT2D eigenvalue weighted by molar-refractivity contribution is 5.79. The van der Waals surface area contributed by atoms with Crippen molar-refractivity contribution in [3.63, 3.8) is 0 Å². The number of morpholine rings is 1. The van der Waals surface area contributed by atoms with Crippen LogP contribution in [0.3, 0.4) is 0 Å². The maximum atomic E-state index is 12.2. The van der Waals surface area contributed by atoms with Crippen LogP contribution in [-0.4, -0.2) is 49.6 Å². The molecule has 0 bridgehead atoms. The molecule has 2 aromatic rings. The number of nitrogens with zero attached hydrogens (tertiary/aromatic N) is 1. The highest BCUT2D eigenvalue weighted by atomic mass is 16.5. The van der Waals surface area contributed by atoms with Crippen LogP contribution in [0.2, 0.25) is 0 Å². The Morgan fingerprint density at radius 3 is 2.74 bits per heavy atom. The van der Waals surface area contributed by atoms with E-state index in [0.29, 0.717) is 19.6 Å². The van der Waals surface area contributed by atoms with Crippen LogP contribution in [0.15, 0.2) is 54.6 Å². The smallest absolute Gasteiger partial charge is 0.248 e. The number of nitrogens with one attached hydrogen (secondary N) is 1. The molecule has 0 radical (unpaired) electrons. The van der Waals surface area contributed by atoms with Crippen LogP contribution in [-0.2, 0) is 27.3 Å². The van der Waals surface area contributed by atoms with Crippen LogP contribution in [0.4, 0.5) is 0 Å². The zero-order chi connectivity index (χ0) is 19.1. The summed E-state index contributed by atoms with van der Waals surface area (Å²) in [4.78, 5) is 26.1. The number of benzene rings is 2. The molecule has 1 fully saturated rings. The number of carbonyl (C=O) groups is 2. The molecule has 1 atom stereocenters. The van der Waals surface area contributed by atoms with Gasteiger partial charge in [0.2, 0.25) is 11.8 Å². The Morgan fingerprint density at radius 2 is 1.96 bits per heavy atom. The summed E-state index contributed by atoms with van der Waals surface area (Å²) in [7, 11) is 1.60. The van der Waals surface area contributed by atoms with E-state index in [-0.39, 0.29) is 30.9 Å². The van der Waals surface area contributed by atoms with Crippen LogP contribution in [0, 0.1) is 0 Å². The van der Waals surface area contributed by atoms with E-state index < -0.39 is 0 Å². The molecule has 2 amide bonds. The Morgan fingerprint density at radius 1 is 1.19 bits per heavy atom. The molecule has 3 rings (SSSR count). The first kappa shape index (κ1) is 18.9. The lowest BCUT2D eigenvalue weighted by atomic mass is 10.1. The van der Waals surface area contributed by atoms with Crippen LogP contribution in [0.5, 0.6) is 5.75 Å². The van der Waals surface area contributed by atoms with E-state index in [1.54, 1.807) is 12.0 Å². The summed E-state index contributed by atoms with van der Waals surface area (Å²) in [5.41, 5.74) is 1.96. The Kier molecular flexibility index (Phi) is 6.44. The fourth-order valence-corrected chi connectivity index (χ4v) is 3.02. The van der Waals surface area contributed by atoms with Crippen molar-refractivity contribution in [2.24, 2.45) is 0 Å². The van der Waals surface area contributed by atoms with Crippen molar-refractivity contribution in [3.8, 4) is 5.75 Å². The fraction of sp³-hybridized carbons (Fsp3) is 0.333. The van der Waals surface area contributed by atoms with E-state index in [2.05, 4.69) is 5.32 Å². The third kappa shape index (κ3) is 5.56. The monoisotopic (exact) mass is 368 g/mol. The SMILES string of the molecule is COc1cccc(CC(=O)NCC2CN(Cc3ccccc3)C(=O)CO2)c1. The number of ether oxygens (including phenoxy) is 2. The van der Waals surface area contributed by atoms with Gasteiger partial charge in [-0.05, 0) is 23.3 Å². The van der Waals surface area contributed by atoms with E-state index >= 15 is 0 Å². The summed E-state index contributed by atoms with van der Waals surface area (Å²) in [6.07, 6.45) is 0.0667. The highest BCUT2D eigenvalue weighted by Gasteiger charge is 2.26. The van der Waals surface area contributed by atoms with Crippen molar-refractivity contribution in [2.45, 2.75) is 19.1 Å². The summed E-state index contributed by atoms with van der Waals surface area (Å²) in [6.45, 7) is 1.44. The number of hydrogen-bond acceptors (Lipinski definition) is 4. The van der Waals surface area contributed by atoms with E-state index in [4.69, 9.17) is 9.47 Å². The van der Waals surface area contributed by atoms with Gasteiger partial charge in [0.05, 0.1) is 19.6 Å². The minimum Gasteiger partial charge on any atom is -0.497 e. The molecule has 1 N–H and O–H groups in total. The van der Waals surface area contributed by atoms with Crippen molar-refractivity contribution in [1.29, 1.82) is 0 Å². The molecule has 1 aliphatic rings. The predicted molar refractivity (Wildman–Crippen MR) is 101 cm³/mol. The number of carbonyl (C=O) groups excluding carboxylic acids is 2. The summed E-state index contributed by atoms with van der Waals surface area (Å²) in [6, 6.07) is 17.3. The van der Waals surface area contributed by atoms with Gasteiger partial charge in [-0.15, -0.1) is 0 Å². The molecule has 1 saturated heterocycles. The summed E-state index contributed by atoms with van der Waals surface area (Å²) in [5.74, 6) is 0.613. The molecular weight excluding hydrogens is 344 g/mol. The number of hydrogen-bond donors (Lipinski definition) is 1. The molecule has 6 nitrogen and oxygen atoms in total. The van der Waals surface area contributed by atoms with Gasteiger partial charge in [0.15, 0.2) is 0 Å². The maximum absolute atomic E-state index is 12.2. The van der Waals surface area contributed by atoms with Crippen molar-refractivity contribution in [1.82, 2.24) is 10.2 Å². The molecule has 0 spiro atoms. The molecule has 1 heterocycles. The van der Waals surface area contributed by atoms with Gasteiger partial charge in [0.1, 0.15) is 12.4 Å². The van der Waals surface area contributed by atoms with Gasteiger partial charge in [-0.2, -0.15) is 0 Å². The van der Waals surface area contributed by atoms with Crippen molar-refractivity contribution < 1.29 is 19.1 Å². The minimum absolute atomic E-state index is 0.0298. The van der Waals surface area contributed by atoms with Crippen LogP contribution >= 0.6 is 0 Å². The Bertz CT molecular complexity index is 779. The predicted octanol–water partition coefficient (Wildman–Crippen LogP) is 1.78. The van der Waals surface area contributed by atoms with Crippen LogP contribution in [0.1, 0.15) is 11.1 Å². The van der Waals surface area contributed by atoms with E-state index in [9.17, 15) is 9.59 Å². The van der Waals surface area contributed by atoms with Gasteiger partial charge in [0.25, 0.3) is 0 Å². The zero-order valence-corrected chi connectivity index (χ0v) is 15.4. The largest absolute Gasteiger partial charge is 0.497 e. The normalized spacial score (nSPS) is 16.9. The van der Waals surface area contributed by atoms with Gasteiger partial charge in [0, 0.05) is 19.6 Å². The average Bonchev–Trinajstić information content (AvgIpc) is 2.69. The second kappa shape index (κ2) is 9.19. The third-order valence-corrected chi connectivity index (χ3v) is 4.46. The molecule has 0 saturated carbocycles. The van der Waals surface area contributed by atoms with Gasteiger partial charge in [-0.25, -0.2) is 0 Å². The van der Waals surface area contributed by atoms with Gasteiger partial charge in [-0.3, -0.25) is 9.59 Å². The van der Waals surface area contributed by atoms with Crippen LogP contribution < -0.4 is 10.1 Å². The van der Waals surface area contributed by atoms with Crippen molar-refractivity contribution in [3.05, 3.63) is 65.7 Å². The van der Waals surface area contributed by atoms with E-state index in [1.807, 2.05) is 54.6 Å². The molecule has 27 heavy (non-hydrogen) atoms. The lowest BCUT2D eigenvalue weighted by Crippen LogP contribution is -2.50. The molecule has 0 aliphatic carbocycles. The lowest BCUT2D eigenvalue weighted by Gasteiger charge is -2.33. The molecule has 1 aliphatic heterocycles. The Labute approximate surface area is 159 Å². The summed E-state index contributed by atoms with van der Waals surface area (Å²) >= 11 is 0. The Hall–Kier alpha value is -2.86. The first-order valence-electron chi connectivity index (χ1n) is 8.97. The topological polar surface area (TPSA) is 67.9 Å². The first-order chi connectivity index (χ1) is 13.1. The second-order valence-electron chi connectivity index (χ2n) is 6.53. The van der Waals surface area contributed by atoms with Gasteiger partial charge in [-0.1, -0.05) is 42.5 Å². The minimum atomic E-state index is -0.208. The summed E-state index contributed by atoms with van der Waals surface area (Å²) in [5, 5.41) is 2.89. The standard InChI is InChI=1S/C21H24N2O4/c1-26-18-9-5-8-17(10-18)11-20(24)22-12-19-14-23(21(25)15-27-19)13-16-6-3-2-4-7-16/h2-10,19H,11-15H2,1H3,(H,22,24). The molecule has 142 valence electrons. The van der Waals surface area contributed by atoms with Gasteiger partial charge < -0.3 is 19.7 Å². The number of methoxy groups -OCH3 is 1. The van der Waals surface area contributed by atoms with Crippen molar-refractivity contribution >= 4 is 11.8 Å². The molecular formula is C21H24N2O4. The van der Waals surface area contributed by atoms with E-state index in [1.165, 1.54) is 0 Å². The van der Waals surface area contributed by atoms with E-state index in [0.717, 1.165) is 16.9 Å². The lowest BCUT2D eigenvalue weighted by molar-refractivity contribution is -0.149. The third-order valence-electron chi connectivity index (χ3n) is 4.46. The fourth-order valence-electron chi connectivity index (χ4n) is 3.02. The summed E-state index contributed by atoms with van der Waals surface area (Å²) < 4.78 is 10.7. The first-order valence-corrected chi connectivity index (χ1v) is 8.97. The molecule has 2 aromatic carbocycles. The number of amides is 2. The quantitative estimate of drug-likeness (QED) is 0.809. The second-order valence-corrected chi connectivity index (χ2v) is 6.53. The van der Waals surface area contributed by atoms with Crippen LogP contribution in [0.25, 0.3) is 0 Å². The zero-order valence-electron chi connectivity index (χ0n) is 15.4. The van der Waals surface area contributed by atoms with Crippen molar-refractivity contribution in [2.75, 3.05) is 26.8 Å². The molecule has 0 aromatic heterocycles. The Balaban J connectivity index is 1.48. The maximum Gasteiger partial charge on any atom is 0.248 e.